The zero-order valence-corrected chi connectivity index (χ0v) is 16.4. The fraction of sp³-hybridized carbons (Fsp3) is 0.190. The van der Waals surface area contributed by atoms with Gasteiger partial charge in [0.1, 0.15) is 0 Å². The van der Waals surface area contributed by atoms with Gasteiger partial charge in [0, 0.05) is 5.56 Å². The number of rotatable bonds is 4. The molecule has 29 heavy (non-hydrogen) atoms. The fourth-order valence-corrected chi connectivity index (χ4v) is 4.22. The number of H-pyrrole nitrogens is 1. The number of nitrogens with one attached hydrogen (secondary N) is 1. The van der Waals surface area contributed by atoms with Crippen LogP contribution in [0.3, 0.4) is 0 Å². The van der Waals surface area contributed by atoms with Crippen LogP contribution in [0.5, 0.6) is 0 Å². The van der Waals surface area contributed by atoms with E-state index in [0.717, 1.165) is 21.5 Å². The second-order valence-corrected chi connectivity index (χ2v) is 7.69. The van der Waals surface area contributed by atoms with Crippen molar-refractivity contribution in [3.05, 3.63) is 70.5 Å². The molecule has 0 radical (unpaired) electrons. The minimum atomic E-state index is -0.167. The van der Waals surface area contributed by atoms with Gasteiger partial charge in [-0.25, -0.2) is 4.98 Å². The number of para-hydroxylation sites is 1. The van der Waals surface area contributed by atoms with Crippen LogP contribution in [0, 0.1) is 0 Å². The average molecular weight is 405 g/mol. The third kappa shape index (κ3) is 3.48. The topological polar surface area (TPSA) is 75.5 Å². The summed E-state index contributed by atoms with van der Waals surface area (Å²) in [6, 6.07) is 17.7. The number of hydrogen-bond acceptors (Lipinski definition) is 6. The highest BCUT2D eigenvalue weighted by molar-refractivity contribution is 7.20. The number of nitrogens with zero attached hydrogens (tertiary/aromatic N) is 4. The maximum atomic E-state index is 13.3. The van der Waals surface area contributed by atoms with Gasteiger partial charge >= 0.3 is 0 Å². The summed E-state index contributed by atoms with van der Waals surface area (Å²) in [6.45, 7) is 2.72. The summed E-state index contributed by atoms with van der Waals surface area (Å²) in [6.07, 6.45) is 1.65. The minimum absolute atomic E-state index is 0.167. The van der Waals surface area contributed by atoms with E-state index in [-0.39, 0.29) is 5.56 Å². The summed E-state index contributed by atoms with van der Waals surface area (Å²) in [5, 5.41) is 10.3. The van der Waals surface area contributed by atoms with E-state index in [0.29, 0.717) is 37.0 Å². The average Bonchev–Trinajstić information content (AvgIpc) is 3.34. The van der Waals surface area contributed by atoms with Crippen molar-refractivity contribution in [2.75, 3.05) is 26.3 Å². The summed E-state index contributed by atoms with van der Waals surface area (Å²) in [5.74, 6) is 0. The molecule has 1 saturated heterocycles. The molecule has 146 valence electrons. The third-order valence-electron chi connectivity index (χ3n) is 4.80. The van der Waals surface area contributed by atoms with E-state index in [2.05, 4.69) is 15.2 Å². The van der Waals surface area contributed by atoms with Gasteiger partial charge in [0.05, 0.1) is 54.0 Å². The second kappa shape index (κ2) is 7.65. The van der Waals surface area contributed by atoms with Gasteiger partial charge in [-0.3, -0.25) is 14.9 Å². The lowest BCUT2D eigenvalue weighted by molar-refractivity contribution is 0.0397. The molecule has 7 nitrogen and oxygen atoms in total. The molecule has 1 fully saturated rings. The number of thiazole rings is 1. The highest BCUT2D eigenvalue weighted by Gasteiger charge is 2.18. The molecule has 1 aliphatic heterocycles. The Morgan fingerprint density at radius 3 is 2.62 bits per heavy atom. The van der Waals surface area contributed by atoms with Crippen molar-refractivity contribution in [3.63, 3.8) is 0 Å². The van der Waals surface area contributed by atoms with Gasteiger partial charge in [-0.1, -0.05) is 53.8 Å². The first-order valence-electron chi connectivity index (χ1n) is 9.43. The lowest BCUT2D eigenvalue weighted by atomic mass is 10.1. The van der Waals surface area contributed by atoms with E-state index in [1.165, 1.54) is 16.0 Å². The lowest BCUT2D eigenvalue weighted by Crippen LogP contribution is -2.32. The fourth-order valence-electron chi connectivity index (χ4n) is 3.29. The van der Waals surface area contributed by atoms with Crippen molar-refractivity contribution in [1.29, 1.82) is 0 Å². The number of hydrazone groups is 1. The number of ether oxygens (including phenoxy) is 1. The van der Waals surface area contributed by atoms with Gasteiger partial charge in [0.2, 0.25) is 5.13 Å². The van der Waals surface area contributed by atoms with Crippen molar-refractivity contribution < 1.29 is 4.74 Å². The van der Waals surface area contributed by atoms with E-state index in [1.807, 2.05) is 59.6 Å². The Kier molecular flexibility index (Phi) is 4.71. The van der Waals surface area contributed by atoms with Crippen LogP contribution in [-0.4, -0.2) is 52.3 Å². The van der Waals surface area contributed by atoms with Gasteiger partial charge in [-0.2, -0.15) is 9.78 Å². The Balaban J connectivity index is 1.62. The molecule has 0 aliphatic carbocycles. The van der Waals surface area contributed by atoms with Crippen LogP contribution >= 0.6 is 11.3 Å². The first-order chi connectivity index (χ1) is 14.3. The zero-order chi connectivity index (χ0) is 19.6. The van der Waals surface area contributed by atoms with E-state index < -0.39 is 0 Å². The predicted molar refractivity (Wildman–Crippen MR) is 115 cm³/mol. The molecule has 8 heteroatoms. The van der Waals surface area contributed by atoms with Crippen LogP contribution in [0.15, 0.2) is 64.5 Å². The maximum absolute atomic E-state index is 13.3. The molecular formula is C21H19N5O2S. The highest BCUT2D eigenvalue weighted by Crippen LogP contribution is 2.25. The molecule has 2 aromatic carbocycles. The Morgan fingerprint density at radius 2 is 1.83 bits per heavy atom. The highest BCUT2D eigenvalue weighted by atomic mass is 32.1. The van der Waals surface area contributed by atoms with Crippen LogP contribution in [0.2, 0.25) is 0 Å². The number of morpholine rings is 1. The summed E-state index contributed by atoms with van der Waals surface area (Å²) < 4.78 is 7.91. The number of aromatic amines is 1. The van der Waals surface area contributed by atoms with Gasteiger partial charge in [-0.05, 0) is 12.1 Å². The van der Waals surface area contributed by atoms with Crippen molar-refractivity contribution in [1.82, 2.24) is 19.8 Å². The van der Waals surface area contributed by atoms with E-state index in [4.69, 9.17) is 4.74 Å². The molecular weight excluding hydrogens is 386 g/mol. The van der Waals surface area contributed by atoms with Crippen LogP contribution in [0.1, 0.15) is 5.56 Å². The van der Waals surface area contributed by atoms with Crippen molar-refractivity contribution in [3.8, 4) is 16.4 Å². The van der Waals surface area contributed by atoms with Crippen LogP contribution in [0.4, 0.5) is 0 Å². The molecule has 0 bridgehead atoms. The van der Waals surface area contributed by atoms with Crippen molar-refractivity contribution in [2.24, 2.45) is 5.10 Å². The maximum Gasteiger partial charge on any atom is 0.282 e. The predicted octanol–water partition coefficient (Wildman–Crippen LogP) is 3.11. The second-order valence-electron chi connectivity index (χ2n) is 6.68. The number of fused-ring (bicyclic) bond motifs is 1. The molecule has 0 saturated carbocycles. The summed E-state index contributed by atoms with van der Waals surface area (Å²) in [4.78, 5) is 17.9. The van der Waals surface area contributed by atoms with Gasteiger partial charge in [0.15, 0.2) is 0 Å². The summed E-state index contributed by atoms with van der Waals surface area (Å²) in [7, 11) is 0. The Hall–Kier alpha value is -3.23. The van der Waals surface area contributed by atoms with Gasteiger partial charge in [-0.15, -0.1) is 0 Å². The summed E-state index contributed by atoms with van der Waals surface area (Å²) in [5.41, 5.74) is 2.88. The molecule has 0 unspecified atom stereocenters. The van der Waals surface area contributed by atoms with Crippen molar-refractivity contribution in [2.45, 2.75) is 0 Å². The van der Waals surface area contributed by atoms with E-state index >= 15 is 0 Å². The van der Waals surface area contributed by atoms with E-state index in [9.17, 15) is 4.79 Å². The minimum Gasteiger partial charge on any atom is -0.378 e. The van der Waals surface area contributed by atoms with Crippen LogP contribution in [-0.2, 0) is 4.74 Å². The Labute approximate surface area is 170 Å². The molecule has 3 heterocycles. The molecule has 2 aromatic heterocycles. The smallest absolute Gasteiger partial charge is 0.282 e. The van der Waals surface area contributed by atoms with Crippen LogP contribution in [0.25, 0.3) is 26.6 Å². The standard InChI is InChI=1S/C21H19N5O2S/c27-20-16(14-22-25-10-12-28-13-11-25)19(15-6-2-1-3-7-15)24-26(20)21-23-17-8-4-5-9-18(17)29-21/h1-9,14,24H,10-13H2/b22-14-. The molecule has 1 N–H and O–H groups in total. The first-order valence-corrected chi connectivity index (χ1v) is 10.2. The van der Waals surface area contributed by atoms with Gasteiger partial charge in [0.25, 0.3) is 5.56 Å². The molecule has 1 aliphatic rings. The number of benzene rings is 2. The number of hydrogen-bond donors (Lipinski definition) is 1. The monoisotopic (exact) mass is 405 g/mol. The Morgan fingerprint density at radius 1 is 1.07 bits per heavy atom. The molecule has 0 amide bonds. The molecule has 5 rings (SSSR count). The Bertz CT molecular complexity index is 1190. The number of aromatic nitrogens is 3. The largest absolute Gasteiger partial charge is 0.378 e. The summed E-state index contributed by atoms with van der Waals surface area (Å²) >= 11 is 1.48. The molecule has 0 atom stereocenters. The van der Waals surface area contributed by atoms with E-state index in [1.54, 1.807) is 6.21 Å². The SMILES string of the molecule is O=c1c(/C=N\N2CCOCC2)c(-c2ccccc2)[nH]n1-c1nc2ccccc2s1. The zero-order valence-electron chi connectivity index (χ0n) is 15.6. The molecule has 4 aromatic rings. The normalized spacial score (nSPS) is 14.8. The quantitative estimate of drug-likeness (QED) is 0.530. The lowest BCUT2D eigenvalue weighted by Gasteiger charge is -2.23. The van der Waals surface area contributed by atoms with Crippen molar-refractivity contribution >= 4 is 27.8 Å². The third-order valence-corrected chi connectivity index (χ3v) is 5.82. The first kappa shape index (κ1) is 17.8. The molecule has 0 spiro atoms. The van der Waals surface area contributed by atoms with Crippen LogP contribution < -0.4 is 5.56 Å². The van der Waals surface area contributed by atoms with Gasteiger partial charge < -0.3 is 4.74 Å².